The summed E-state index contributed by atoms with van der Waals surface area (Å²) < 4.78 is 0. The van der Waals surface area contributed by atoms with Crippen LogP contribution in [0.2, 0.25) is 0 Å². The molecule has 1 atom stereocenters. The van der Waals surface area contributed by atoms with E-state index in [4.69, 9.17) is 0 Å². The van der Waals surface area contributed by atoms with Crippen molar-refractivity contribution in [3.05, 3.63) is 35.4 Å². The van der Waals surface area contributed by atoms with Gasteiger partial charge in [-0.3, -0.25) is 0 Å². The molecule has 0 aliphatic carbocycles. The fraction of sp³-hybridized carbons (Fsp3) is 0.562. The van der Waals surface area contributed by atoms with Crippen molar-refractivity contribution in [2.24, 2.45) is 0 Å². The van der Waals surface area contributed by atoms with Crippen molar-refractivity contribution in [3.63, 3.8) is 0 Å². The van der Waals surface area contributed by atoms with E-state index in [-0.39, 0.29) is 5.41 Å². The molecule has 0 amide bonds. The molecule has 0 heterocycles. The minimum atomic E-state index is 0.0526. The van der Waals surface area contributed by atoms with Crippen molar-refractivity contribution >= 4 is 6.29 Å². The van der Waals surface area contributed by atoms with Crippen LogP contribution in [0.3, 0.4) is 0 Å². The molecule has 0 fully saturated rings. The minimum Gasteiger partial charge on any atom is -0.309 e. The van der Waals surface area contributed by atoms with Gasteiger partial charge in [0, 0.05) is 12.0 Å². The first-order valence-electron chi connectivity index (χ1n) is 6.76. The second kappa shape index (κ2) is 6.69. The van der Waals surface area contributed by atoms with Gasteiger partial charge in [-0.05, 0) is 23.5 Å². The van der Waals surface area contributed by atoms with Crippen LogP contribution < -0.4 is 5.32 Å². The summed E-state index contributed by atoms with van der Waals surface area (Å²) in [7, 11) is 0. The number of rotatable bonds is 7. The SMILES string of the molecule is CCC(C)c1ccc(C(C)(C)CNCC=O)cc1. The van der Waals surface area contributed by atoms with E-state index < -0.39 is 0 Å². The summed E-state index contributed by atoms with van der Waals surface area (Å²) in [5, 5.41) is 3.15. The Balaban J connectivity index is 2.73. The molecule has 2 nitrogen and oxygen atoms in total. The average Bonchev–Trinajstić information content (AvgIpc) is 2.38. The van der Waals surface area contributed by atoms with Gasteiger partial charge in [-0.25, -0.2) is 0 Å². The largest absolute Gasteiger partial charge is 0.309 e. The second-order valence-electron chi connectivity index (χ2n) is 5.61. The van der Waals surface area contributed by atoms with Gasteiger partial charge in [-0.2, -0.15) is 0 Å². The van der Waals surface area contributed by atoms with Crippen LogP contribution in [0.4, 0.5) is 0 Å². The molecule has 1 N–H and O–H groups in total. The first-order valence-corrected chi connectivity index (χ1v) is 6.76. The average molecular weight is 247 g/mol. The Bertz CT molecular complexity index is 367. The van der Waals surface area contributed by atoms with Crippen molar-refractivity contribution in [1.29, 1.82) is 0 Å². The fourth-order valence-electron chi connectivity index (χ4n) is 2.04. The molecule has 2 heteroatoms. The van der Waals surface area contributed by atoms with E-state index in [1.807, 2.05) is 0 Å². The van der Waals surface area contributed by atoms with Gasteiger partial charge in [0.25, 0.3) is 0 Å². The zero-order chi connectivity index (χ0) is 13.6. The molecule has 1 aromatic carbocycles. The van der Waals surface area contributed by atoms with Gasteiger partial charge in [0.1, 0.15) is 6.29 Å². The molecule has 0 saturated carbocycles. The van der Waals surface area contributed by atoms with Gasteiger partial charge >= 0.3 is 0 Å². The Hall–Kier alpha value is -1.15. The molecule has 0 aromatic heterocycles. The molecule has 0 radical (unpaired) electrons. The van der Waals surface area contributed by atoms with Crippen LogP contribution in [0.15, 0.2) is 24.3 Å². The molecule has 1 unspecified atom stereocenters. The summed E-state index contributed by atoms with van der Waals surface area (Å²) in [6, 6.07) is 8.88. The van der Waals surface area contributed by atoms with E-state index in [0.717, 1.165) is 12.8 Å². The quantitative estimate of drug-likeness (QED) is 0.592. The Morgan fingerprint density at radius 3 is 2.39 bits per heavy atom. The second-order valence-corrected chi connectivity index (χ2v) is 5.61. The van der Waals surface area contributed by atoms with Crippen LogP contribution in [0.5, 0.6) is 0 Å². The lowest BCUT2D eigenvalue weighted by Gasteiger charge is -2.26. The van der Waals surface area contributed by atoms with E-state index in [1.54, 1.807) is 0 Å². The Labute approximate surface area is 111 Å². The van der Waals surface area contributed by atoms with E-state index >= 15 is 0 Å². The van der Waals surface area contributed by atoms with Crippen molar-refractivity contribution in [3.8, 4) is 0 Å². The van der Waals surface area contributed by atoms with E-state index in [2.05, 4.69) is 57.3 Å². The minimum absolute atomic E-state index is 0.0526. The van der Waals surface area contributed by atoms with Crippen LogP contribution >= 0.6 is 0 Å². The van der Waals surface area contributed by atoms with Crippen LogP contribution in [0.25, 0.3) is 0 Å². The molecule has 0 aliphatic rings. The molecule has 0 bridgehead atoms. The predicted octanol–water partition coefficient (Wildman–Crippen LogP) is 3.27. The standard InChI is InChI=1S/C16H25NO/c1-5-13(2)14-6-8-15(9-7-14)16(3,4)12-17-10-11-18/h6-9,11,13,17H,5,10,12H2,1-4H3. The molecule has 1 aromatic rings. The van der Waals surface area contributed by atoms with Gasteiger partial charge in [0.2, 0.25) is 0 Å². The smallest absolute Gasteiger partial charge is 0.133 e. The number of benzene rings is 1. The third kappa shape index (κ3) is 3.95. The maximum absolute atomic E-state index is 10.3. The summed E-state index contributed by atoms with van der Waals surface area (Å²) >= 11 is 0. The fourth-order valence-corrected chi connectivity index (χ4v) is 2.04. The predicted molar refractivity (Wildman–Crippen MR) is 77.1 cm³/mol. The summed E-state index contributed by atoms with van der Waals surface area (Å²) in [5.41, 5.74) is 2.77. The molecule has 1 rings (SSSR count). The molecule has 0 saturated heterocycles. The van der Waals surface area contributed by atoms with Gasteiger partial charge < -0.3 is 10.1 Å². The summed E-state index contributed by atoms with van der Waals surface area (Å²) in [5.74, 6) is 0.621. The Morgan fingerprint density at radius 2 is 1.89 bits per heavy atom. The summed E-state index contributed by atoms with van der Waals surface area (Å²) in [4.78, 5) is 10.3. The highest BCUT2D eigenvalue weighted by atomic mass is 16.1. The lowest BCUT2D eigenvalue weighted by molar-refractivity contribution is -0.107. The molecular weight excluding hydrogens is 222 g/mol. The van der Waals surface area contributed by atoms with E-state index in [9.17, 15) is 4.79 Å². The lowest BCUT2D eigenvalue weighted by atomic mass is 9.83. The van der Waals surface area contributed by atoms with Crippen LogP contribution in [-0.2, 0) is 10.2 Å². The maximum Gasteiger partial charge on any atom is 0.133 e. The third-order valence-corrected chi connectivity index (χ3v) is 3.67. The number of hydrogen-bond donors (Lipinski definition) is 1. The first-order chi connectivity index (χ1) is 8.51. The monoisotopic (exact) mass is 247 g/mol. The van der Waals surface area contributed by atoms with Crippen molar-refractivity contribution < 1.29 is 4.79 Å². The Kier molecular flexibility index (Phi) is 5.54. The summed E-state index contributed by atoms with van der Waals surface area (Å²) in [6.45, 7) is 10.1. The van der Waals surface area contributed by atoms with Gasteiger partial charge in [0.05, 0.1) is 6.54 Å². The molecular formula is C16H25NO. The molecule has 100 valence electrons. The van der Waals surface area contributed by atoms with Crippen molar-refractivity contribution in [1.82, 2.24) is 5.32 Å². The zero-order valence-electron chi connectivity index (χ0n) is 12.0. The zero-order valence-corrected chi connectivity index (χ0v) is 12.0. The highest BCUT2D eigenvalue weighted by molar-refractivity contribution is 5.51. The number of nitrogens with one attached hydrogen (secondary N) is 1. The highest BCUT2D eigenvalue weighted by Crippen LogP contribution is 2.25. The van der Waals surface area contributed by atoms with Crippen molar-refractivity contribution in [2.75, 3.05) is 13.1 Å². The van der Waals surface area contributed by atoms with E-state index in [1.165, 1.54) is 17.5 Å². The van der Waals surface area contributed by atoms with Gasteiger partial charge in [-0.1, -0.05) is 52.0 Å². The number of carbonyl (C=O) groups excluding carboxylic acids is 1. The first kappa shape index (κ1) is 14.9. The van der Waals surface area contributed by atoms with Crippen LogP contribution in [0, 0.1) is 0 Å². The lowest BCUT2D eigenvalue weighted by Crippen LogP contribution is -2.33. The van der Waals surface area contributed by atoms with Gasteiger partial charge in [-0.15, -0.1) is 0 Å². The molecule has 18 heavy (non-hydrogen) atoms. The normalized spacial score (nSPS) is 13.3. The molecule has 0 aliphatic heterocycles. The number of hydrogen-bond acceptors (Lipinski definition) is 2. The third-order valence-electron chi connectivity index (χ3n) is 3.67. The van der Waals surface area contributed by atoms with E-state index in [0.29, 0.717) is 12.5 Å². The van der Waals surface area contributed by atoms with Crippen LogP contribution in [-0.4, -0.2) is 19.4 Å². The number of carbonyl (C=O) groups is 1. The van der Waals surface area contributed by atoms with Crippen molar-refractivity contribution in [2.45, 2.75) is 45.4 Å². The van der Waals surface area contributed by atoms with Crippen LogP contribution in [0.1, 0.15) is 51.2 Å². The molecule has 0 spiro atoms. The Morgan fingerprint density at radius 1 is 1.28 bits per heavy atom. The van der Waals surface area contributed by atoms with Gasteiger partial charge in [0.15, 0.2) is 0 Å². The maximum atomic E-state index is 10.3. The highest BCUT2D eigenvalue weighted by Gasteiger charge is 2.20. The topological polar surface area (TPSA) is 29.1 Å². The summed E-state index contributed by atoms with van der Waals surface area (Å²) in [6.07, 6.45) is 2.08. The number of aldehydes is 1.